The third-order valence-electron chi connectivity index (χ3n) is 5.92. The number of halogens is 6. The summed E-state index contributed by atoms with van der Waals surface area (Å²) < 4.78 is 79.7. The van der Waals surface area contributed by atoms with Crippen LogP contribution in [0, 0.1) is 0 Å². The highest BCUT2D eigenvalue weighted by Crippen LogP contribution is 2.37. The zero-order valence-electron chi connectivity index (χ0n) is 20.4. The minimum atomic E-state index is -4.56. The van der Waals surface area contributed by atoms with Crippen LogP contribution in [-0.4, -0.2) is 40.7 Å². The Morgan fingerprint density at radius 2 is 1.73 bits per heavy atom. The van der Waals surface area contributed by atoms with Gasteiger partial charge >= 0.3 is 12.4 Å². The number of hydrogen-bond acceptors (Lipinski definition) is 7. The van der Waals surface area contributed by atoms with E-state index in [9.17, 15) is 26.3 Å². The number of alkyl halides is 6. The molecule has 37 heavy (non-hydrogen) atoms. The highest BCUT2D eigenvalue weighted by molar-refractivity contribution is 6.09. The molecule has 0 radical (unpaired) electrons. The first-order valence-corrected chi connectivity index (χ1v) is 11.7. The minimum Gasteiger partial charge on any atom is -0.355 e. The summed E-state index contributed by atoms with van der Waals surface area (Å²) in [6, 6.07) is 4.43. The molecule has 13 heteroatoms. The maximum absolute atomic E-state index is 13.6. The Balaban J connectivity index is 1.63. The van der Waals surface area contributed by atoms with Crippen LogP contribution < -0.4 is 20.9 Å². The molecule has 0 spiro atoms. The minimum absolute atomic E-state index is 0.0301. The summed E-state index contributed by atoms with van der Waals surface area (Å²) in [5.74, 6) is -0.687. The van der Waals surface area contributed by atoms with Gasteiger partial charge in [-0.05, 0) is 51.5 Å². The van der Waals surface area contributed by atoms with E-state index in [2.05, 4.69) is 25.9 Å². The number of nitrogens with one attached hydrogen (secondary N) is 3. The first-order chi connectivity index (χ1) is 17.2. The van der Waals surface area contributed by atoms with E-state index in [1.165, 1.54) is 18.3 Å². The van der Waals surface area contributed by atoms with Gasteiger partial charge in [-0.3, -0.25) is 5.32 Å². The molecule has 0 fully saturated rings. The normalized spacial score (nSPS) is 20.8. The van der Waals surface area contributed by atoms with E-state index in [0.29, 0.717) is 24.4 Å². The zero-order valence-corrected chi connectivity index (χ0v) is 20.4. The fraction of sp³-hybridized carbons (Fsp3) is 0.458. The molecule has 0 aliphatic carbocycles. The van der Waals surface area contributed by atoms with Crippen LogP contribution in [0.3, 0.4) is 0 Å². The van der Waals surface area contributed by atoms with E-state index in [-0.39, 0.29) is 24.9 Å². The van der Waals surface area contributed by atoms with Gasteiger partial charge in [-0.1, -0.05) is 0 Å². The van der Waals surface area contributed by atoms with Gasteiger partial charge in [0.2, 0.25) is 0 Å². The van der Waals surface area contributed by atoms with Crippen molar-refractivity contribution in [2.24, 2.45) is 4.99 Å². The molecule has 4 heterocycles. The van der Waals surface area contributed by atoms with Crippen LogP contribution in [0.15, 0.2) is 52.9 Å². The average Bonchev–Trinajstić information content (AvgIpc) is 3.00. The summed E-state index contributed by atoms with van der Waals surface area (Å²) in [6.45, 7) is 6.20. The van der Waals surface area contributed by atoms with Gasteiger partial charge in [0.05, 0.1) is 17.4 Å². The SMILES string of the molecule is CC(C)NC1(C)N=C(Nc2ccc(C(F)(F)F)nc2)C2=C(CCN(c3ncccc3C(F)(F)F)CC2)N1. The molecule has 0 saturated carbocycles. The van der Waals surface area contributed by atoms with E-state index >= 15 is 0 Å². The number of rotatable bonds is 4. The second-order valence-corrected chi connectivity index (χ2v) is 9.33. The number of hydrogen-bond donors (Lipinski definition) is 3. The van der Waals surface area contributed by atoms with Gasteiger partial charge in [-0.25, -0.2) is 15.0 Å². The maximum atomic E-state index is 13.6. The smallest absolute Gasteiger partial charge is 0.355 e. The second-order valence-electron chi connectivity index (χ2n) is 9.33. The fourth-order valence-corrected chi connectivity index (χ4v) is 4.51. The van der Waals surface area contributed by atoms with Gasteiger partial charge in [0.1, 0.15) is 17.3 Å². The molecule has 1 unspecified atom stereocenters. The van der Waals surface area contributed by atoms with Gasteiger partial charge in [0.15, 0.2) is 5.79 Å². The van der Waals surface area contributed by atoms with Gasteiger partial charge in [-0.2, -0.15) is 26.3 Å². The van der Waals surface area contributed by atoms with Crippen molar-refractivity contribution in [3.05, 3.63) is 59.2 Å². The van der Waals surface area contributed by atoms with Gasteiger partial charge < -0.3 is 15.5 Å². The predicted molar refractivity (Wildman–Crippen MR) is 128 cm³/mol. The molecule has 4 rings (SSSR count). The lowest BCUT2D eigenvalue weighted by molar-refractivity contribution is -0.141. The lowest BCUT2D eigenvalue weighted by Crippen LogP contribution is -2.58. The summed E-state index contributed by atoms with van der Waals surface area (Å²) in [4.78, 5) is 13.9. The van der Waals surface area contributed by atoms with Crippen LogP contribution in [0.4, 0.5) is 37.8 Å². The fourth-order valence-electron chi connectivity index (χ4n) is 4.51. The average molecular weight is 528 g/mol. The Morgan fingerprint density at radius 1 is 1.00 bits per heavy atom. The Morgan fingerprint density at radius 3 is 2.35 bits per heavy atom. The topological polar surface area (TPSA) is 77.5 Å². The third kappa shape index (κ3) is 6.14. The molecule has 2 aromatic rings. The second kappa shape index (κ2) is 9.84. The first-order valence-electron chi connectivity index (χ1n) is 11.7. The highest BCUT2D eigenvalue weighted by atomic mass is 19.4. The lowest BCUT2D eigenvalue weighted by Gasteiger charge is -2.37. The van der Waals surface area contributed by atoms with Crippen LogP contribution in [0.1, 0.15) is 44.9 Å². The number of aliphatic imine (C=N–C) groups is 1. The molecule has 0 aromatic carbocycles. The van der Waals surface area contributed by atoms with Crippen molar-refractivity contribution in [2.75, 3.05) is 23.3 Å². The molecule has 7 nitrogen and oxygen atoms in total. The van der Waals surface area contributed by atoms with Crippen molar-refractivity contribution >= 4 is 17.3 Å². The maximum Gasteiger partial charge on any atom is 0.433 e. The summed E-state index contributed by atoms with van der Waals surface area (Å²) >= 11 is 0. The third-order valence-corrected chi connectivity index (χ3v) is 5.92. The van der Waals surface area contributed by atoms with Gasteiger partial charge in [0.25, 0.3) is 0 Å². The van der Waals surface area contributed by atoms with Gasteiger partial charge in [-0.15, -0.1) is 0 Å². The Labute approximate surface area is 210 Å². The van der Waals surface area contributed by atoms with Crippen molar-refractivity contribution in [3.63, 3.8) is 0 Å². The predicted octanol–water partition coefficient (Wildman–Crippen LogP) is 5.15. The van der Waals surface area contributed by atoms with Crippen molar-refractivity contribution in [3.8, 4) is 0 Å². The lowest BCUT2D eigenvalue weighted by atomic mass is 10.0. The number of nitrogens with zero attached hydrogens (tertiary/aromatic N) is 4. The molecule has 0 saturated heterocycles. The van der Waals surface area contributed by atoms with E-state index in [1.54, 1.807) is 4.90 Å². The summed E-state index contributed by atoms with van der Waals surface area (Å²) in [5.41, 5.74) is -0.0121. The van der Waals surface area contributed by atoms with Crippen molar-refractivity contribution in [2.45, 2.75) is 57.8 Å². The number of pyridine rings is 2. The molecular weight excluding hydrogens is 500 g/mol. The Kier molecular flexibility index (Phi) is 7.10. The Bertz CT molecular complexity index is 1190. The highest BCUT2D eigenvalue weighted by Gasteiger charge is 2.38. The summed E-state index contributed by atoms with van der Waals surface area (Å²) in [5, 5.41) is 9.76. The largest absolute Gasteiger partial charge is 0.433 e. The van der Waals surface area contributed by atoms with Crippen LogP contribution in [0.2, 0.25) is 0 Å². The monoisotopic (exact) mass is 527 g/mol. The zero-order chi connectivity index (χ0) is 27.0. The molecule has 2 aliphatic rings. The van der Waals surface area contributed by atoms with Gasteiger partial charge in [0, 0.05) is 43.0 Å². The molecule has 2 aromatic heterocycles. The molecule has 200 valence electrons. The van der Waals surface area contributed by atoms with Crippen LogP contribution in [0.5, 0.6) is 0 Å². The number of amidine groups is 1. The van der Waals surface area contributed by atoms with Crippen molar-refractivity contribution in [1.82, 2.24) is 20.6 Å². The molecule has 0 bridgehead atoms. The summed E-state index contributed by atoms with van der Waals surface area (Å²) in [7, 11) is 0. The van der Waals surface area contributed by atoms with Crippen LogP contribution in [-0.2, 0) is 12.4 Å². The van der Waals surface area contributed by atoms with Crippen LogP contribution >= 0.6 is 0 Å². The molecular formula is C24H27F6N7. The molecule has 0 amide bonds. The van der Waals surface area contributed by atoms with E-state index < -0.39 is 29.4 Å². The quantitative estimate of drug-likeness (QED) is 0.478. The van der Waals surface area contributed by atoms with E-state index in [1.807, 2.05) is 20.8 Å². The Hall–Kier alpha value is -3.35. The standard InChI is InChI=1S/C24H27F6N7/c1-14(2)34-22(3)35-18-9-12-37(21-17(23(25,26)27)5-4-10-31-21)11-8-16(18)20(36-22)33-15-6-7-19(32-13-15)24(28,29)30/h4-7,10,13-14,34-35H,8-9,11-12H2,1-3H3,(H,33,36). The van der Waals surface area contributed by atoms with E-state index in [4.69, 9.17) is 4.99 Å². The number of aromatic nitrogens is 2. The molecule has 1 atom stereocenters. The van der Waals surface area contributed by atoms with Crippen molar-refractivity contribution in [1.29, 1.82) is 0 Å². The van der Waals surface area contributed by atoms with Crippen molar-refractivity contribution < 1.29 is 26.3 Å². The first kappa shape index (κ1) is 26.7. The van der Waals surface area contributed by atoms with Crippen LogP contribution in [0.25, 0.3) is 0 Å². The summed E-state index contributed by atoms with van der Waals surface area (Å²) in [6.07, 6.45) is -6.00. The molecule has 2 aliphatic heterocycles. The molecule has 3 N–H and O–H groups in total. The van der Waals surface area contributed by atoms with E-state index in [0.717, 1.165) is 29.6 Å². The number of anilines is 2.